The van der Waals surface area contributed by atoms with E-state index in [1.807, 2.05) is 30.0 Å². The van der Waals surface area contributed by atoms with Crippen LogP contribution >= 0.6 is 11.3 Å². The number of hydrogen-bond donors (Lipinski definition) is 0. The lowest BCUT2D eigenvalue weighted by Gasteiger charge is -2.31. The molecule has 2 aliphatic rings. The number of sulfonamides is 1. The fraction of sp³-hybridized carbons (Fsp3) is 0.500. The number of ether oxygens (including phenoxy) is 1. The number of piperidine rings is 1. The largest absolute Gasteiger partial charge is 0.467 e. The third-order valence-corrected chi connectivity index (χ3v) is 9.86. The topological polar surface area (TPSA) is 88.5 Å². The normalized spacial score (nSPS) is 18.1. The molecule has 0 saturated carbocycles. The van der Waals surface area contributed by atoms with E-state index in [1.54, 1.807) is 4.31 Å². The molecular weight excluding hydrogens is 532 g/mol. The summed E-state index contributed by atoms with van der Waals surface area (Å²) < 4.78 is 60.3. The van der Waals surface area contributed by atoms with Gasteiger partial charge in [0.2, 0.25) is 16.0 Å². The molecule has 2 aromatic heterocycles. The first kappa shape index (κ1) is 26.9. The maximum atomic E-state index is 13.4. The Labute approximate surface area is 225 Å². The fourth-order valence-corrected chi connectivity index (χ4v) is 7.10. The lowest BCUT2D eigenvalue weighted by atomic mass is 10.0. The molecule has 0 atom stereocenters. The summed E-state index contributed by atoms with van der Waals surface area (Å²) in [6, 6.07) is 6.12. The van der Waals surface area contributed by atoms with Crippen molar-refractivity contribution in [2.24, 2.45) is 0 Å². The molecule has 2 aliphatic heterocycles. The Kier molecular flexibility index (Phi) is 7.65. The van der Waals surface area contributed by atoms with E-state index >= 15 is 0 Å². The van der Waals surface area contributed by atoms with Gasteiger partial charge in [0.15, 0.2) is 0 Å². The average Bonchev–Trinajstić information content (AvgIpc) is 3.30. The van der Waals surface area contributed by atoms with Gasteiger partial charge in [0.05, 0.1) is 21.5 Å². The van der Waals surface area contributed by atoms with Crippen molar-refractivity contribution >= 4 is 43.1 Å². The van der Waals surface area contributed by atoms with Gasteiger partial charge in [-0.15, -0.1) is 0 Å². The highest BCUT2D eigenvalue weighted by atomic mass is 32.2. The van der Waals surface area contributed by atoms with Crippen molar-refractivity contribution in [1.29, 1.82) is 0 Å². The Balaban J connectivity index is 1.19. The third-order valence-electron chi connectivity index (χ3n) is 6.90. The highest BCUT2D eigenvalue weighted by Gasteiger charge is 2.28. The zero-order chi connectivity index (χ0) is 26.9. The number of anilines is 1. The molecule has 204 valence electrons. The van der Waals surface area contributed by atoms with Crippen LogP contribution in [0.25, 0.3) is 15.8 Å². The van der Waals surface area contributed by atoms with E-state index in [2.05, 4.69) is 21.0 Å². The molecule has 0 spiro atoms. The SMILES string of the molecule is CCCS(=O)(=O)N1CC=C(c2ccc3nc(OC4CCN(c5ncc(C(C)(F)F)cn5)CC4)sc3c2)CC1. The van der Waals surface area contributed by atoms with E-state index in [4.69, 9.17) is 4.74 Å². The van der Waals surface area contributed by atoms with Gasteiger partial charge < -0.3 is 9.64 Å². The van der Waals surface area contributed by atoms with E-state index in [9.17, 15) is 17.2 Å². The predicted octanol–water partition coefficient (Wildman–Crippen LogP) is 5.07. The van der Waals surface area contributed by atoms with E-state index in [0.717, 1.165) is 41.1 Å². The lowest BCUT2D eigenvalue weighted by molar-refractivity contribution is 0.0167. The summed E-state index contributed by atoms with van der Waals surface area (Å²) in [6.07, 6.45) is 7.19. The first-order valence-electron chi connectivity index (χ1n) is 12.8. The molecule has 1 saturated heterocycles. The molecule has 0 bridgehead atoms. The third kappa shape index (κ3) is 5.97. The van der Waals surface area contributed by atoms with Crippen LogP contribution in [0.3, 0.4) is 0 Å². The summed E-state index contributed by atoms with van der Waals surface area (Å²) in [4.78, 5) is 14.9. The van der Waals surface area contributed by atoms with Crippen molar-refractivity contribution in [3.05, 3.63) is 47.8 Å². The van der Waals surface area contributed by atoms with Gasteiger partial charge in [0, 0.05) is 58.3 Å². The summed E-state index contributed by atoms with van der Waals surface area (Å²) >= 11 is 1.51. The number of rotatable bonds is 8. The molecule has 12 heteroatoms. The van der Waals surface area contributed by atoms with Crippen LogP contribution in [0.15, 0.2) is 36.7 Å². The number of fused-ring (bicyclic) bond motifs is 1. The van der Waals surface area contributed by atoms with Crippen molar-refractivity contribution in [2.45, 2.75) is 51.6 Å². The Morgan fingerprint density at radius 1 is 1.16 bits per heavy atom. The number of thiazole rings is 1. The summed E-state index contributed by atoms with van der Waals surface area (Å²) in [6.45, 7) is 4.96. The second-order valence-electron chi connectivity index (χ2n) is 9.78. The minimum atomic E-state index is -3.18. The van der Waals surface area contributed by atoms with Gasteiger partial charge in [0.25, 0.3) is 11.1 Å². The standard InChI is InChI=1S/C26H31F2N5O3S2/c1-3-14-38(34,35)33-12-6-18(7-13-33)19-4-5-22-23(15-19)37-25(31-22)36-21-8-10-32(11-9-21)24-29-16-20(17-30-24)26(2,27)28/h4-6,15-17,21H,3,7-14H2,1-2H3. The Bertz CT molecular complexity index is 1410. The quantitative estimate of drug-likeness (QED) is 0.378. The summed E-state index contributed by atoms with van der Waals surface area (Å²) in [5, 5.41) is 0.621. The second kappa shape index (κ2) is 10.8. The molecule has 8 nitrogen and oxygen atoms in total. The van der Waals surface area contributed by atoms with Crippen LogP contribution in [0.5, 0.6) is 5.19 Å². The maximum absolute atomic E-state index is 13.4. The van der Waals surface area contributed by atoms with Crippen LogP contribution in [0.4, 0.5) is 14.7 Å². The van der Waals surface area contributed by atoms with Crippen molar-refractivity contribution in [1.82, 2.24) is 19.3 Å². The predicted molar refractivity (Wildman–Crippen MR) is 145 cm³/mol. The fourth-order valence-electron chi connectivity index (χ4n) is 4.73. The summed E-state index contributed by atoms with van der Waals surface area (Å²) in [5.74, 6) is -2.32. The molecule has 5 rings (SSSR count). The molecule has 0 amide bonds. The summed E-state index contributed by atoms with van der Waals surface area (Å²) in [5.41, 5.74) is 2.91. The van der Waals surface area contributed by atoms with Crippen molar-refractivity contribution < 1.29 is 21.9 Å². The van der Waals surface area contributed by atoms with Gasteiger partial charge in [-0.05, 0) is 36.1 Å². The summed E-state index contributed by atoms with van der Waals surface area (Å²) in [7, 11) is -3.18. The number of nitrogens with zero attached hydrogens (tertiary/aromatic N) is 5. The molecule has 4 heterocycles. The van der Waals surface area contributed by atoms with Crippen LogP contribution in [-0.2, 0) is 15.9 Å². The van der Waals surface area contributed by atoms with Crippen molar-refractivity contribution in [3.8, 4) is 5.19 Å². The van der Waals surface area contributed by atoms with E-state index in [0.29, 0.717) is 50.2 Å². The maximum Gasteiger partial charge on any atom is 0.274 e. The first-order chi connectivity index (χ1) is 18.1. The van der Waals surface area contributed by atoms with Crippen LogP contribution in [0, 0.1) is 0 Å². The van der Waals surface area contributed by atoms with Crippen LogP contribution in [-0.4, -0.2) is 65.7 Å². The molecule has 3 aromatic rings. The molecule has 1 aromatic carbocycles. The molecule has 0 aliphatic carbocycles. The zero-order valence-electron chi connectivity index (χ0n) is 21.4. The minimum absolute atomic E-state index is 0.00244. The lowest BCUT2D eigenvalue weighted by Crippen LogP contribution is -2.39. The zero-order valence-corrected chi connectivity index (χ0v) is 23.1. The minimum Gasteiger partial charge on any atom is -0.467 e. The van der Waals surface area contributed by atoms with Crippen molar-refractivity contribution in [3.63, 3.8) is 0 Å². The molecule has 0 unspecified atom stereocenters. The first-order valence-corrected chi connectivity index (χ1v) is 15.2. The van der Waals surface area contributed by atoms with Crippen molar-refractivity contribution in [2.75, 3.05) is 36.8 Å². The van der Waals surface area contributed by atoms with Gasteiger partial charge in [-0.2, -0.15) is 4.31 Å². The van der Waals surface area contributed by atoms with Gasteiger partial charge in [-0.3, -0.25) is 0 Å². The molecule has 0 N–H and O–H groups in total. The number of alkyl halides is 2. The monoisotopic (exact) mass is 563 g/mol. The van der Waals surface area contributed by atoms with Crippen LogP contribution < -0.4 is 9.64 Å². The molecule has 0 radical (unpaired) electrons. The van der Waals surface area contributed by atoms with E-state index < -0.39 is 15.9 Å². The van der Waals surface area contributed by atoms with Gasteiger partial charge in [-0.1, -0.05) is 30.4 Å². The number of hydrogen-bond acceptors (Lipinski definition) is 8. The van der Waals surface area contributed by atoms with E-state index in [1.165, 1.54) is 23.7 Å². The van der Waals surface area contributed by atoms with Gasteiger partial charge in [-0.25, -0.2) is 32.2 Å². The highest BCUT2D eigenvalue weighted by molar-refractivity contribution is 7.89. The smallest absolute Gasteiger partial charge is 0.274 e. The molecule has 38 heavy (non-hydrogen) atoms. The van der Waals surface area contributed by atoms with Gasteiger partial charge in [0.1, 0.15) is 6.10 Å². The Morgan fingerprint density at radius 3 is 2.53 bits per heavy atom. The number of aromatic nitrogens is 3. The average molecular weight is 564 g/mol. The van der Waals surface area contributed by atoms with Crippen LogP contribution in [0.2, 0.25) is 0 Å². The second-order valence-corrected chi connectivity index (χ2v) is 12.9. The van der Waals surface area contributed by atoms with Crippen LogP contribution in [0.1, 0.15) is 50.7 Å². The van der Waals surface area contributed by atoms with Gasteiger partial charge >= 0.3 is 0 Å². The molecule has 1 fully saturated rings. The highest BCUT2D eigenvalue weighted by Crippen LogP contribution is 2.34. The Hall–Kier alpha value is -2.70. The number of halogens is 2. The Morgan fingerprint density at radius 2 is 1.89 bits per heavy atom. The van der Waals surface area contributed by atoms with E-state index in [-0.39, 0.29) is 17.4 Å². The molecular formula is C26H31F2N5O3S2. The number of benzene rings is 1.